The maximum Gasteiger partial charge on any atom is 0.331 e. The van der Waals surface area contributed by atoms with Gasteiger partial charge in [-0.05, 0) is 19.8 Å². The van der Waals surface area contributed by atoms with E-state index in [9.17, 15) is 9.46 Å². The zero-order chi connectivity index (χ0) is 9.78. The topological polar surface area (TPSA) is 46.5 Å². The molecule has 0 amide bonds. The summed E-state index contributed by atoms with van der Waals surface area (Å²) in [5.41, 5.74) is -0.258. The quantitative estimate of drug-likeness (QED) is 0.684. The molecule has 12 heavy (non-hydrogen) atoms. The van der Waals surface area contributed by atoms with Crippen LogP contribution < -0.4 is 0 Å². The molecule has 0 aromatic rings. The Balaban J connectivity index is 4.12. The molecule has 0 saturated heterocycles. The third-order valence-electron chi connectivity index (χ3n) is 2.05. The highest BCUT2D eigenvalue weighted by Gasteiger charge is 2.28. The van der Waals surface area contributed by atoms with E-state index >= 15 is 0 Å². The molecule has 0 aromatic carbocycles. The summed E-state index contributed by atoms with van der Waals surface area (Å²) in [6.07, 6.45) is 1.31. The van der Waals surface area contributed by atoms with Crippen LogP contribution in [0, 0.1) is 0 Å². The first-order chi connectivity index (χ1) is 5.44. The average Bonchev–Trinajstić information content (AvgIpc) is 2.02. The van der Waals surface area contributed by atoms with Gasteiger partial charge in [0.15, 0.2) is 0 Å². The predicted octanol–water partition coefficient (Wildman–Crippen LogP) is 2.79. The summed E-state index contributed by atoms with van der Waals surface area (Å²) < 4.78 is 16.5. The van der Waals surface area contributed by atoms with E-state index in [1.165, 1.54) is 0 Å². The molecule has 0 aromatic heterocycles. The maximum absolute atomic E-state index is 11.4. The standard InChI is InChI=1S/C8H19O3P/c1-5-7(3)11-12(9,10)8(4)6-2/h7-8H,5-6H2,1-4H3,(H,9,10). The second-order valence-electron chi connectivity index (χ2n) is 3.15. The highest BCUT2D eigenvalue weighted by molar-refractivity contribution is 7.53. The van der Waals surface area contributed by atoms with E-state index in [0.717, 1.165) is 6.42 Å². The Hall–Kier alpha value is 0.150. The first kappa shape index (κ1) is 12.2. The van der Waals surface area contributed by atoms with Crippen molar-refractivity contribution in [2.24, 2.45) is 0 Å². The number of rotatable bonds is 5. The van der Waals surface area contributed by atoms with E-state index in [0.29, 0.717) is 6.42 Å². The molecule has 1 N–H and O–H groups in total. The normalized spacial score (nSPS) is 21.4. The van der Waals surface area contributed by atoms with Gasteiger partial charge in [-0.25, -0.2) is 0 Å². The number of hydrogen-bond donors (Lipinski definition) is 1. The molecule has 0 aliphatic carbocycles. The van der Waals surface area contributed by atoms with E-state index in [2.05, 4.69) is 0 Å². The van der Waals surface area contributed by atoms with Gasteiger partial charge < -0.3 is 9.42 Å². The largest absolute Gasteiger partial charge is 0.331 e. The fraction of sp³-hybridized carbons (Fsp3) is 1.00. The summed E-state index contributed by atoms with van der Waals surface area (Å²) in [7, 11) is -3.36. The third-order valence-corrected chi connectivity index (χ3v) is 4.19. The number of hydrogen-bond acceptors (Lipinski definition) is 2. The maximum atomic E-state index is 11.4. The molecule has 4 heteroatoms. The van der Waals surface area contributed by atoms with Gasteiger partial charge in [0.25, 0.3) is 0 Å². The summed E-state index contributed by atoms with van der Waals surface area (Å²) >= 11 is 0. The van der Waals surface area contributed by atoms with Gasteiger partial charge in [-0.15, -0.1) is 0 Å². The van der Waals surface area contributed by atoms with Crippen LogP contribution in [0.15, 0.2) is 0 Å². The molecule has 0 aliphatic rings. The lowest BCUT2D eigenvalue weighted by Crippen LogP contribution is -2.11. The van der Waals surface area contributed by atoms with Gasteiger partial charge in [-0.2, -0.15) is 0 Å². The second-order valence-corrected chi connectivity index (χ2v) is 5.37. The molecule has 0 radical (unpaired) electrons. The van der Waals surface area contributed by atoms with Crippen LogP contribution >= 0.6 is 7.60 Å². The Bertz CT molecular complexity index is 170. The highest BCUT2D eigenvalue weighted by atomic mass is 31.2. The Labute approximate surface area is 74.7 Å². The lowest BCUT2D eigenvalue weighted by molar-refractivity contribution is 0.180. The molecule has 0 spiro atoms. The monoisotopic (exact) mass is 194 g/mol. The van der Waals surface area contributed by atoms with Crippen LogP contribution in [-0.4, -0.2) is 16.7 Å². The minimum atomic E-state index is -3.36. The first-order valence-corrected chi connectivity index (χ1v) is 6.09. The third kappa shape index (κ3) is 3.70. The molecule has 0 saturated carbocycles. The van der Waals surface area contributed by atoms with Crippen molar-refractivity contribution in [1.82, 2.24) is 0 Å². The molecule has 3 unspecified atom stereocenters. The lowest BCUT2D eigenvalue weighted by Gasteiger charge is -2.20. The molecule has 0 heterocycles. The van der Waals surface area contributed by atoms with Crippen LogP contribution in [-0.2, 0) is 9.09 Å². The van der Waals surface area contributed by atoms with Crippen LogP contribution in [0.25, 0.3) is 0 Å². The molecular weight excluding hydrogens is 175 g/mol. The van der Waals surface area contributed by atoms with Crippen molar-refractivity contribution in [3.05, 3.63) is 0 Å². The molecule has 3 atom stereocenters. The minimum absolute atomic E-state index is 0.130. The Morgan fingerprint density at radius 3 is 2.17 bits per heavy atom. The lowest BCUT2D eigenvalue weighted by atomic mass is 10.3. The van der Waals surface area contributed by atoms with Crippen molar-refractivity contribution in [3.63, 3.8) is 0 Å². The van der Waals surface area contributed by atoms with E-state index < -0.39 is 7.60 Å². The van der Waals surface area contributed by atoms with Gasteiger partial charge in [0.2, 0.25) is 0 Å². The van der Waals surface area contributed by atoms with E-state index in [-0.39, 0.29) is 11.8 Å². The molecule has 0 fully saturated rings. The zero-order valence-corrected chi connectivity index (χ0v) is 9.17. The predicted molar refractivity (Wildman–Crippen MR) is 50.4 cm³/mol. The Morgan fingerprint density at radius 2 is 1.83 bits per heavy atom. The molecular formula is C8H19O3P. The molecule has 0 aliphatic heterocycles. The average molecular weight is 194 g/mol. The van der Waals surface area contributed by atoms with E-state index in [1.807, 2.05) is 20.8 Å². The van der Waals surface area contributed by atoms with Crippen LogP contribution in [0.4, 0.5) is 0 Å². The van der Waals surface area contributed by atoms with Crippen molar-refractivity contribution in [2.75, 3.05) is 0 Å². The molecule has 74 valence electrons. The molecule has 3 nitrogen and oxygen atoms in total. The summed E-state index contributed by atoms with van der Waals surface area (Å²) in [4.78, 5) is 9.42. The van der Waals surface area contributed by atoms with Crippen LogP contribution in [0.5, 0.6) is 0 Å². The van der Waals surface area contributed by atoms with E-state index in [1.54, 1.807) is 6.92 Å². The first-order valence-electron chi connectivity index (χ1n) is 4.44. The van der Waals surface area contributed by atoms with E-state index in [4.69, 9.17) is 4.52 Å². The Kier molecular flexibility index (Phi) is 5.07. The SMILES string of the molecule is CCC(C)OP(=O)(O)C(C)CC. The van der Waals surface area contributed by atoms with Gasteiger partial charge in [-0.3, -0.25) is 4.57 Å². The summed E-state index contributed by atoms with van der Waals surface area (Å²) in [6, 6.07) is 0. The fourth-order valence-electron chi connectivity index (χ4n) is 0.667. The van der Waals surface area contributed by atoms with Gasteiger partial charge in [0.05, 0.1) is 11.8 Å². The van der Waals surface area contributed by atoms with Crippen LogP contribution in [0.2, 0.25) is 0 Å². The Morgan fingerprint density at radius 1 is 1.33 bits per heavy atom. The smallest absolute Gasteiger partial charge is 0.324 e. The second kappa shape index (κ2) is 5.00. The minimum Gasteiger partial charge on any atom is -0.324 e. The van der Waals surface area contributed by atoms with Crippen molar-refractivity contribution in [1.29, 1.82) is 0 Å². The van der Waals surface area contributed by atoms with Gasteiger partial charge in [-0.1, -0.05) is 20.8 Å². The molecule has 0 rings (SSSR count). The van der Waals surface area contributed by atoms with Gasteiger partial charge >= 0.3 is 7.60 Å². The van der Waals surface area contributed by atoms with Crippen LogP contribution in [0.1, 0.15) is 40.5 Å². The van der Waals surface area contributed by atoms with Crippen molar-refractivity contribution in [3.8, 4) is 0 Å². The van der Waals surface area contributed by atoms with Crippen LogP contribution in [0.3, 0.4) is 0 Å². The molecule has 0 bridgehead atoms. The van der Waals surface area contributed by atoms with Crippen molar-refractivity contribution >= 4 is 7.60 Å². The van der Waals surface area contributed by atoms with Crippen molar-refractivity contribution < 1.29 is 14.0 Å². The summed E-state index contributed by atoms with van der Waals surface area (Å²) in [5.74, 6) is 0. The van der Waals surface area contributed by atoms with Gasteiger partial charge in [0, 0.05) is 0 Å². The fourth-order valence-corrected chi connectivity index (χ4v) is 2.00. The van der Waals surface area contributed by atoms with Crippen molar-refractivity contribution in [2.45, 2.75) is 52.3 Å². The summed E-state index contributed by atoms with van der Waals surface area (Å²) in [6.45, 7) is 7.36. The van der Waals surface area contributed by atoms with Gasteiger partial charge in [0.1, 0.15) is 0 Å². The summed E-state index contributed by atoms with van der Waals surface area (Å²) in [5, 5.41) is 0. The zero-order valence-electron chi connectivity index (χ0n) is 8.28. The highest BCUT2D eigenvalue weighted by Crippen LogP contribution is 2.49.